The third-order valence-electron chi connectivity index (χ3n) is 4.25. The Kier molecular flexibility index (Phi) is 5.52. The number of benzene rings is 2. The Bertz CT molecular complexity index is 1150. The largest absolute Gasteiger partial charge is 0.486 e. The molecular formula is C21H17FN4O5. The summed E-state index contributed by atoms with van der Waals surface area (Å²) in [7, 11) is 0. The van der Waals surface area contributed by atoms with E-state index in [-0.39, 0.29) is 22.9 Å². The van der Waals surface area contributed by atoms with E-state index in [0.717, 1.165) is 0 Å². The van der Waals surface area contributed by atoms with E-state index in [1.54, 1.807) is 24.3 Å². The molecular weight excluding hydrogens is 407 g/mol. The number of nitrogens with zero attached hydrogens (tertiary/aromatic N) is 1. The van der Waals surface area contributed by atoms with Crippen LogP contribution in [0.1, 0.15) is 10.5 Å². The summed E-state index contributed by atoms with van der Waals surface area (Å²) in [6, 6.07) is 13.5. The summed E-state index contributed by atoms with van der Waals surface area (Å²) in [6.45, 7) is 0.851. The van der Waals surface area contributed by atoms with Crippen LogP contribution in [0.15, 0.2) is 54.6 Å². The Morgan fingerprint density at radius 2 is 1.71 bits per heavy atom. The molecule has 2 amide bonds. The molecule has 0 bridgehead atoms. The van der Waals surface area contributed by atoms with Gasteiger partial charge in [-0.3, -0.25) is 10.1 Å². The van der Waals surface area contributed by atoms with Gasteiger partial charge in [0, 0.05) is 17.8 Å². The van der Waals surface area contributed by atoms with Crippen LogP contribution in [0.4, 0.5) is 32.1 Å². The van der Waals surface area contributed by atoms with Crippen LogP contribution in [0, 0.1) is 5.82 Å². The van der Waals surface area contributed by atoms with E-state index in [1.165, 1.54) is 30.3 Å². The number of hydrogen-bond acceptors (Lipinski definition) is 6. The smallest absolute Gasteiger partial charge is 0.409 e. The van der Waals surface area contributed by atoms with Crippen molar-refractivity contribution < 1.29 is 28.6 Å². The molecule has 3 aromatic rings. The molecule has 9 nitrogen and oxygen atoms in total. The second kappa shape index (κ2) is 8.57. The topological polar surface area (TPSA) is 122 Å². The zero-order valence-electron chi connectivity index (χ0n) is 16.0. The summed E-state index contributed by atoms with van der Waals surface area (Å²) in [5.74, 6) is 0.0424. The first-order valence-electron chi connectivity index (χ1n) is 9.22. The fraction of sp³-hybridized carbons (Fsp3) is 0.0952. The second-order valence-electron chi connectivity index (χ2n) is 6.47. The number of carbonyl (C=O) groups excluding carboxylic acids is 1. The van der Waals surface area contributed by atoms with Crippen molar-refractivity contribution in [1.29, 1.82) is 0 Å². The molecule has 0 aliphatic carbocycles. The van der Waals surface area contributed by atoms with E-state index in [1.807, 2.05) is 0 Å². The molecule has 158 valence electrons. The monoisotopic (exact) mass is 424 g/mol. The van der Waals surface area contributed by atoms with Crippen LogP contribution in [0.3, 0.4) is 0 Å². The van der Waals surface area contributed by atoms with E-state index in [0.29, 0.717) is 30.4 Å². The minimum absolute atomic E-state index is 0.0834. The van der Waals surface area contributed by atoms with Crippen LogP contribution < -0.4 is 25.4 Å². The Morgan fingerprint density at radius 1 is 0.935 bits per heavy atom. The number of ether oxygens (including phenoxy) is 2. The van der Waals surface area contributed by atoms with Gasteiger partial charge in [0.25, 0.3) is 5.91 Å². The van der Waals surface area contributed by atoms with Gasteiger partial charge in [-0.2, -0.15) is 0 Å². The Morgan fingerprint density at radius 3 is 2.48 bits per heavy atom. The zero-order valence-corrected chi connectivity index (χ0v) is 16.0. The minimum Gasteiger partial charge on any atom is -0.486 e. The standard InChI is InChI=1S/C21H17FN4O5/c22-14-3-1-2-4-15(14)25-19-11-13(24-21(28)29)9-16(26-19)20(27)23-12-5-6-17-18(10-12)31-8-7-30-17/h1-6,9-11H,7-8H2,(H,23,27)(H,28,29)(H2,24,25,26). The molecule has 0 unspecified atom stereocenters. The van der Waals surface area contributed by atoms with Crippen molar-refractivity contribution in [3.05, 3.63) is 66.1 Å². The number of rotatable bonds is 5. The van der Waals surface area contributed by atoms with E-state index >= 15 is 0 Å². The van der Waals surface area contributed by atoms with Crippen molar-refractivity contribution in [2.24, 2.45) is 0 Å². The number of carbonyl (C=O) groups is 2. The Labute approximate surface area is 175 Å². The second-order valence-corrected chi connectivity index (χ2v) is 6.47. The molecule has 0 fully saturated rings. The lowest BCUT2D eigenvalue weighted by Crippen LogP contribution is -2.18. The summed E-state index contributed by atoms with van der Waals surface area (Å²) >= 11 is 0. The molecule has 4 N–H and O–H groups in total. The van der Waals surface area contributed by atoms with Gasteiger partial charge in [0.2, 0.25) is 0 Å². The van der Waals surface area contributed by atoms with Gasteiger partial charge in [0.1, 0.15) is 30.5 Å². The average molecular weight is 424 g/mol. The van der Waals surface area contributed by atoms with Gasteiger partial charge >= 0.3 is 6.09 Å². The maximum Gasteiger partial charge on any atom is 0.409 e. The van der Waals surface area contributed by atoms with Crippen molar-refractivity contribution >= 4 is 34.9 Å². The summed E-state index contributed by atoms with van der Waals surface area (Å²) in [4.78, 5) is 28.0. The molecule has 31 heavy (non-hydrogen) atoms. The first kappa shape index (κ1) is 20.0. The quantitative estimate of drug-likeness (QED) is 0.487. The molecule has 0 radical (unpaired) electrons. The summed E-state index contributed by atoms with van der Waals surface area (Å²) in [5.41, 5.74) is 0.575. The maximum absolute atomic E-state index is 14.0. The molecule has 0 saturated heterocycles. The van der Waals surface area contributed by atoms with Crippen LogP contribution in [0.5, 0.6) is 11.5 Å². The third kappa shape index (κ3) is 4.81. The van der Waals surface area contributed by atoms with Crippen molar-refractivity contribution in [1.82, 2.24) is 4.98 Å². The van der Waals surface area contributed by atoms with Crippen molar-refractivity contribution in [2.75, 3.05) is 29.2 Å². The SMILES string of the molecule is O=C(O)Nc1cc(Nc2ccccc2F)nc(C(=O)Nc2ccc3c(c2)OCCO3)c1. The summed E-state index contributed by atoms with van der Waals surface area (Å²) in [6.07, 6.45) is -1.32. The summed E-state index contributed by atoms with van der Waals surface area (Å²) < 4.78 is 24.9. The highest BCUT2D eigenvalue weighted by molar-refractivity contribution is 6.04. The van der Waals surface area contributed by atoms with Gasteiger partial charge < -0.3 is 25.2 Å². The van der Waals surface area contributed by atoms with E-state index in [2.05, 4.69) is 20.9 Å². The van der Waals surface area contributed by atoms with Crippen LogP contribution in [-0.2, 0) is 0 Å². The maximum atomic E-state index is 14.0. The molecule has 1 aliphatic heterocycles. The molecule has 0 spiro atoms. The number of para-hydroxylation sites is 1. The fourth-order valence-electron chi connectivity index (χ4n) is 2.92. The van der Waals surface area contributed by atoms with Crippen molar-refractivity contribution in [2.45, 2.75) is 0 Å². The molecule has 4 rings (SSSR count). The van der Waals surface area contributed by atoms with Crippen molar-refractivity contribution in [3.63, 3.8) is 0 Å². The third-order valence-corrected chi connectivity index (χ3v) is 4.25. The van der Waals surface area contributed by atoms with E-state index in [4.69, 9.17) is 14.6 Å². The number of nitrogens with one attached hydrogen (secondary N) is 3. The molecule has 1 aromatic heterocycles. The number of hydrogen-bond donors (Lipinski definition) is 4. The van der Waals surface area contributed by atoms with Crippen LogP contribution in [-0.4, -0.2) is 35.3 Å². The number of carboxylic acid groups (broad SMARTS) is 1. The number of pyridine rings is 1. The molecule has 1 aliphatic rings. The minimum atomic E-state index is -1.32. The lowest BCUT2D eigenvalue weighted by atomic mass is 10.2. The molecule has 0 saturated carbocycles. The highest BCUT2D eigenvalue weighted by atomic mass is 19.1. The highest BCUT2D eigenvalue weighted by Crippen LogP contribution is 2.32. The van der Waals surface area contributed by atoms with Crippen LogP contribution >= 0.6 is 0 Å². The molecule has 10 heteroatoms. The number of halogens is 1. The molecule has 2 aromatic carbocycles. The number of fused-ring (bicyclic) bond motifs is 1. The molecule has 0 atom stereocenters. The first-order chi connectivity index (χ1) is 15.0. The predicted octanol–water partition coefficient (Wildman–Crippen LogP) is 4.08. The number of aromatic nitrogens is 1. The normalized spacial score (nSPS) is 12.0. The Hall–Kier alpha value is -4.34. The highest BCUT2D eigenvalue weighted by Gasteiger charge is 2.16. The lowest BCUT2D eigenvalue weighted by molar-refractivity contribution is 0.102. The summed E-state index contributed by atoms with van der Waals surface area (Å²) in [5, 5.41) is 16.6. The van der Waals surface area contributed by atoms with Crippen molar-refractivity contribution in [3.8, 4) is 11.5 Å². The van der Waals surface area contributed by atoms with Gasteiger partial charge in [-0.15, -0.1) is 0 Å². The van der Waals surface area contributed by atoms with E-state index < -0.39 is 17.8 Å². The van der Waals surface area contributed by atoms with Gasteiger partial charge in [-0.25, -0.2) is 14.2 Å². The molecule has 2 heterocycles. The number of anilines is 4. The zero-order chi connectivity index (χ0) is 21.8. The predicted molar refractivity (Wildman–Crippen MR) is 111 cm³/mol. The van der Waals surface area contributed by atoms with Gasteiger partial charge in [0.15, 0.2) is 11.5 Å². The Balaban J connectivity index is 1.60. The first-order valence-corrected chi connectivity index (χ1v) is 9.22. The van der Waals surface area contributed by atoms with Gasteiger partial charge in [0.05, 0.1) is 11.4 Å². The van der Waals surface area contributed by atoms with Crippen LogP contribution in [0.25, 0.3) is 0 Å². The van der Waals surface area contributed by atoms with Gasteiger partial charge in [-0.05, 0) is 30.3 Å². The average Bonchev–Trinajstić information content (AvgIpc) is 2.74. The lowest BCUT2D eigenvalue weighted by Gasteiger charge is -2.19. The van der Waals surface area contributed by atoms with Gasteiger partial charge in [-0.1, -0.05) is 12.1 Å². The number of amides is 2. The van der Waals surface area contributed by atoms with E-state index in [9.17, 15) is 14.0 Å². The fourth-order valence-corrected chi connectivity index (χ4v) is 2.92. The van der Waals surface area contributed by atoms with Crippen LogP contribution in [0.2, 0.25) is 0 Å².